The minimum atomic E-state index is -0.753. The lowest BCUT2D eigenvalue weighted by Crippen LogP contribution is -2.27. The Morgan fingerprint density at radius 1 is 0.971 bits per heavy atom. The maximum atomic E-state index is 13.0. The molecule has 35 heavy (non-hydrogen) atoms. The molecule has 12 heteroatoms. The molecule has 1 heterocycles. The van der Waals surface area contributed by atoms with E-state index in [1.54, 1.807) is 61.7 Å². The number of methoxy groups -OCH3 is 1. The van der Waals surface area contributed by atoms with E-state index in [-0.39, 0.29) is 17.4 Å². The second kappa shape index (κ2) is 9.91. The van der Waals surface area contributed by atoms with E-state index < -0.39 is 21.2 Å². The molecule has 1 fully saturated rings. The summed E-state index contributed by atoms with van der Waals surface area (Å²) in [7, 11) is 1.55. The van der Waals surface area contributed by atoms with Gasteiger partial charge < -0.3 is 9.47 Å². The van der Waals surface area contributed by atoms with E-state index >= 15 is 0 Å². The van der Waals surface area contributed by atoms with Crippen molar-refractivity contribution in [2.45, 2.75) is 0 Å². The minimum absolute atomic E-state index is 0.149. The number of nitro benzene ring substituents is 2. The summed E-state index contributed by atoms with van der Waals surface area (Å²) in [6.45, 7) is 0. The number of rotatable bonds is 7. The third-order valence-electron chi connectivity index (χ3n) is 4.86. The number of carbonyl (C=O) groups is 1. The first-order valence-corrected chi connectivity index (χ1v) is 11.1. The molecule has 0 atom stereocenters. The molecule has 1 amide bonds. The molecule has 0 spiro atoms. The van der Waals surface area contributed by atoms with E-state index in [0.29, 0.717) is 26.2 Å². The number of anilines is 1. The van der Waals surface area contributed by atoms with Gasteiger partial charge in [-0.2, -0.15) is 0 Å². The second-order valence-corrected chi connectivity index (χ2v) is 8.73. The Morgan fingerprint density at radius 3 is 2.37 bits per heavy atom. The molecule has 1 aliphatic heterocycles. The van der Waals surface area contributed by atoms with Gasteiger partial charge in [0.1, 0.15) is 11.5 Å². The summed E-state index contributed by atoms with van der Waals surface area (Å²) in [6, 6.07) is 16.6. The molecule has 1 aliphatic rings. The van der Waals surface area contributed by atoms with Crippen molar-refractivity contribution in [2.24, 2.45) is 0 Å². The van der Waals surface area contributed by atoms with Crippen LogP contribution in [0.25, 0.3) is 6.08 Å². The van der Waals surface area contributed by atoms with Gasteiger partial charge in [-0.15, -0.1) is 0 Å². The highest BCUT2D eigenvalue weighted by Gasteiger charge is 2.33. The lowest BCUT2D eigenvalue weighted by molar-refractivity contribution is -0.394. The van der Waals surface area contributed by atoms with Crippen LogP contribution in [0.4, 0.5) is 17.1 Å². The van der Waals surface area contributed by atoms with Crippen molar-refractivity contribution in [2.75, 3.05) is 12.0 Å². The second-order valence-electron chi connectivity index (χ2n) is 7.06. The van der Waals surface area contributed by atoms with Crippen molar-refractivity contribution < 1.29 is 24.1 Å². The topological polar surface area (TPSA) is 125 Å². The van der Waals surface area contributed by atoms with Crippen LogP contribution in [-0.2, 0) is 4.79 Å². The quantitative estimate of drug-likeness (QED) is 0.170. The van der Waals surface area contributed by atoms with E-state index in [9.17, 15) is 25.0 Å². The van der Waals surface area contributed by atoms with E-state index in [1.807, 2.05) is 0 Å². The number of benzene rings is 3. The molecule has 0 radical (unpaired) electrons. The number of nitrogens with zero attached hydrogens (tertiary/aromatic N) is 3. The van der Waals surface area contributed by atoms with Gasteiger partial charge in [0, 0.05) is 6.07 Å². The van der Waals surface area contributed by atoms with E-state index in [2.05, 4.69) is 0 Å². The van der Waals surface area contributed by atoms with Crippen molar-refractivity contribution in [3.05, 3.63) is 97.4 Å². The summed E-state index contributed by atoms with van der Waals surface area (Å²) in [4.78, 5) is 35.7. The lowest BCUT2D eigenvalue weighted by Gasteiger charge is -2.14. The SMILES string of the molecule is COc1ccc(N2C(=O)/C(=C\c3cccc(Oc4ccc([N+](=O)[O-])cc4[N+](=O)[O-])c3)SC2=S)cc1. The molecule has 0 aromatic heterocycles. The zero-order valence-corrected chi connectivity index (χ0v) is 19.6. The van der Waals surface area contributed by atoms with Crippen molar-refractivity contribution in [1.29, 1.82) is 0 Å². The van der Waals surface area contributed by atoms with Crippen molar-refractivity contribution in [3.63, 3.8) is 0 Å². The van der Waals surface area contributed by atoms with Gasteiger partial charge in [0.15, 0.2) is 4.32 Å². The third kappa shape index (κ3) is 5.13. The smallest absolute Gasteiger partial charge is 0.318 e. The summed E-state index contributed by atoms with van der Waals surface area (Å²) in [5.74, 6) is 0.465. The van der Waals surface area contributed by atoms with Gasteiger partial charge in [0.05, 0.1) is 33.6 Å². The van der Waals surface area contributed by atoms with Crippen LogP contribution in [0, 0.1) is 20.2 Å². The Morgan fingerprint density at radius 2 is 1.71 bits per heavy atom. The molecular weight excluding hydrogens is 494 g/mol. The number of hydrogen-bond acceptors (Lipinski definition) is 9. The largest absolute Gasteiger partial charge is 0.497 e. The zero-order chi connectivity index (χ0) is 25.1. The number of thiocarbonyl (C=S) groups is 1. The molecule has 0 saturated carbocycles. The fourth-order valence-electron chi connectivity index (χ4n) is 3.22. The first-order valence-electron chi connectivity index (χ1n) is 9.89. The van der Waals surface area contributed by atoms with Gasteiger partial charge in [-0.1, -0.05) is 36.1 Å². The maximum Gasteiger partial charge on any atom is 0.318 e. The number of carbonyl (C=O) groups excluding carboxylic acids is 1. The fourth-order valence-corrected chi connectivity index (χ4v) is 4.52. The van der Waals surface area contributed by atoms with Gasteiger partial charge in [-0.05, 0) is 54.1 Å². The Kier molecular flexibility index (Phi) is 6.75. The monoisotopic (exact) mass is 509 g/mol. The standard InChI is InChI=1S/C23H15N3O7S2/c1-32-17-8-5-15(6-9-17)24-22(27)21(35-23(24)34)12-14-3-2-4-18(11-14)33-20-10-7-16(25(28)29)13-19(20)26(30)31/h2-13H,1H3/b21-12+. The van der Waals surface area contributed by atoms with Gasteiger partial charge in [0.25, 0.3) is 11.6 Å². The first-order chi connectivity index (χ1) is 16.8. The van der Waals surface area contributed by atoms with Crippen LogP contribution in [0.15, 0.2) is 71.6 Å². The number of hydrogen-bond donors (Lipinski definition) is 0. The Labute approximate surface area is 208 Å². The van der Waals surface area contributed by atoms with Gasteiger partial charge in [-0.3, -0.25) is 29.9 Å². The van der Waals surface area contributed by atoms with Crippen LogP contribution in [0.5, 0.6) is 17.2 Å². The molecule has 176 valence electrons. The van der Waals surface area contributed by atoms with Crippen LogP contribution >= 0.6 is 24.0 Å². The molecule has 0 bridgehead atoms. The van der Waals surface area contributed by atoms with Gasteiger partial charge in [0.2, 0.25) is 5.75 Å². The van der Waals surface area contributed by atoms with Crippen molar-refractivity contribution >= 4 is 57.3 Å². The van der Waals surface area contributed by atoms with E-state index in [4.69, 9.17) is 21.7 Å². The van der Waals surface area contributed by atoms with Crippen LogP contribution < -0.4 is 14.4 Å². The molecule has 10 nitrogen and oxygen atoms in total. The summed E-state index contributed by atoms with van der Waals surface area (Å²) in [6.07, 6.45) is 1.64. The summed E-state index contributed by atoms with van der Waals surface area (Å²) < 4.78 is 11.2. The van der Waals surface area contributed by atoms with Crippen LogP contribution in [-0.4, -0.2) is 27.2 Å². The number of nitro groups is 2. The number of ether oxygens (including phenoxy) is 2. The maximum absolute atomic E-state index is 13.0. The normalized spacial score (nSPS) is 14.3. The summed E-state index contributed by atoms with van der Waals surface area (Å²) in [5, 5.41) is 22.3. The Hall–Kier alpha value is -4.29. The lowest BCUT2D eigenvalue weighted by atomic mass is 10.2. The summed E-state index contributed by atoms with van der Waals surface area (Å²) in [5.41, 5.74) is 0.253. The summed E-state index contributed by atoms with van der Waals surface area (Å²) >= 11 is 6.54. The highest BCUT2D eigenvalue weighted by Crippen LogP contribution is 2.38. The van der Waals surface area contributed by atoms with Gasteiger partial charge in [-0.25, -0.2) is 0 Å². The van der Waals surface area contributed by atoms with Gasteiger partial charge >= 0.3 is 5.69 Å². The van der Waals surface area contributed by atoms with E-state index in [1.165, 1.54) is 11.0 Å². The Bertz CT molecular complexity index is 1390. The molecular formula is C23H15N3O7S2. The predicted octanol–water partition coefficient (Wildman–Crippen LogP) is 5.71. The van der Waals surface area contributed by atoms with Crippen molar-refractivity contribution in [1.82, 2.24) is 0 Å². The average Bonchev–Trinajstić information content (AvgIpc) is 3.11. The average molecular weight is 510 g/mol. The molecule has 4 rings (SSSR count). The molecule has 0 aliphatic carbocycles. The third-order valence-corrected chi connectivity index (χ3v) is 6.16. The predicted molar refractivity (Wildman–Crippen MR) is 135 cm³/mol. The molecule has 0 unspecified atom stereocenters. The number of thioether (sulfide) groups is 1. The minimum Gasteiger partial charge on any atom is -0.497 e. The Balaban J connectivity index is 1.58. The molecule has 0 N–H and O–H groups in total. The van der Waals surface area contributed by atoms with Crippen LogP contribution in [0.1, 0.15) is 5.56 Å². The highest BCUT2D eigenvalue weighted by atomic mass is 32.2. The van der Waals surface area contributed by atoms with Crippen molar-refractivity contribution in [3.8, 4) is 17.2 Å². The molecule has 3 aromatic rings. The fraction of sp³-hybridized carbons (Fsp3) is 0.0435. The zero-order valence-electron chi connectivity index (χ0n) is 17.9. The highest BCUT2D eigenvalue weighted by molar-refractivity contribution is 8.27. The molecule has 1 saturated heterocycles. The number of amides is 1. The van der Waals surface area contributed by atoms with E-state index in [0.717, 1.165) is 23.9 Å². The van der Waals surface area contributed by atoms with Crippen LogP contribution in [0.2, 0.25) is 0 Å². The van der Waals surface area contributed by atoms with Crippen LogP contribution in [0.3, 0.4) is 0 Å². The molecule has 3 aromatic carbocycles. The number of non-ortho nitro benzene ring substituents is 1. The first kappa shape index (κ1) is 23.9.